The maximum absolute atomic E-state index is 15.1. The molecule has 146 valence electrons. The molecule has 2 rings (SSSR count). The zero-order chi connectivity index (χ0) is 20.1. The van der Waals surface area contributed by atoms with E-state index in [1.165, 1.54) is 0 Å². The fourth-order valence-electron chi connectivity index (χ4n) is 2.74. The van der Waals surface area contributed by atoms with Crippen molar-refractivity contribution < 1.29 is 17.9 Å². The highest BCUT2D eigenvalue weighted by Crippen LogP contribution is 2.37. The van der Waals surface area contributed by atoms with Gasteiger partial charge < -0.3 is 9.31 Å². The van der Waals surface area contributed by atoms with Crippen LogP contribution in [0.15, 0.2) is 12.1 Å². The van der Waals surface area contributed by atoms with E-state index >= 15 is 4.39 Å². The molecule has 1 N–H and O–H groups in total. The number of nitrogens with one attached hydrogen (secondary N) is 1. The molecule has 0 unspecified atom stereocenters. The van der Waals surface area contributed by atoms with Crippen LogP contribution in [0.3, 0.4) is 0 Å². The summed E-state index contributed by atoms with van der Waals surface area (Å²) < 4.78 is 42.0. The number of halogens is 1. The summed E-state index contributed by atoms with van der Waals surface area (Å²) in [5.74, 6) is -0.337. The third kappa shape index (κ3) is 4.06. The van der Waals surface area contributed by atoms with Crippen LogP contribution in [0.1, 0.15) is 72.6 Å². The van der Waals surface area contributed by atoms with Gasteiger partial charge in [-0.1, -0.05) is 12.1 Å². The molecule has 1 fully saturated rings. The third-order valence-electron chi connectivity index (χ3n) is 5.27. The second-order valence-corrected chi connectivity index (χ2v) is 11.0. The Kier molecular flexibility index (Phi) is 5.80. The Morgan fingerprint density at radius 1 is 1.15 bits per heavy atom. The smallest absolute Gasteiger partial charge is 0.399 e. The first-order valence-electron chi connectivity index (χ1n) is 9.00. The van der Waals surface area contributed by atoms with Crippen molar-refractivity contribution in [1.29, 1.82) is 0 Å². The third-order valence-corrected chi connectivity index (χ3v) is 6.95. The fourth-order valence-corrected chi connectivity index (χ4v) is 3.54. The molecule has 1 aliphatic rings. The molecule has 0 aromatic heterocycles. The zero-order valence-corrected chi connectivity index (χ0v) is 18.1. The highest BCUT2D eigenvalue weighted by Gasteiger charge is 2.52. The molecule has 0 spiro atoms. The first-order valence-corrected chi connectivity index (χ1v) is 10.1. The van der Waals surface area contributed by atoms with Crippen molar-refractivity contribution >= 4 is 23.6 Å². The molecule has 0 bridgehead atoms. The summed E-state index contributed by atoms with van der Waals surface area (Å²) in [7, 11) is -1.97. The molecule has 1 aromatic carbocycles. The van der Waals surface area contributed by atoms with Crippen molar-refractivity contribution in [2.75, 3.05) is 0 Å². The van der Waals surface area contributed by atoms with E-state index in [0.717, 1.165) is 5.56 Å². The maximum atomic E-state index is 15.1. The Morgan fingerprint density at radius 3 is 2.12 bits per heavy atom. The largest absolute Gasteiger partial charge is 0.497 e. The average molecular weight is 383 g/mol. The predicted molar refractivity (Wildman–Crippen MR) is 106 cm³/mol. The van der Waals surface area contributed by atoms with Crippen LogP contribution in [0.25, 0.3) is 0 Å². The zero-order valence-electron chi connectivity index (χ0n) is 17.3. The van der Waals surface area contributed by atoms with E-state index in [-0.39, 0.29) is 16.6 Å². The normalized spacial score (nSPS) is 21.7. The number of benzene rings is 1. The molecule has 1 saturated heterocycles. The van der Waals surface area contributed by atoms with Gasteiger partial charge in [-0.05, 0) is 73.4 Å². The molecule has 26 heavy (non-hydrogen) atoms. The average Bonchev–Trinajstić information content (AvgIpc) is 2.68. The van der Waals surface area contributed by atoms with Gasteiger partial charge in [0.25, 0.3) is 0 Å². The minimum atomic E-state index is -1.23. The van der Waals surface area contributed by atoms with Crippen LogP contribution in [0.5, 0.6) is 0 Å². The van der Waals surface area contributed by atoms with Gasteiger partial charge in [-0.3, -0.25) is 0 Å². The summed E-state index contributed by atoms with van der Waals surface area (Å²) in [6, 6.07) is 3.32. The topological polar surface area (TPSA) is 47.6 Å². The molecule has 0 aliphatic carbocycles. The van der Waals surface area contributed by atoms with E-state index in [4.69, 9.17) is 9.31 Å². The molecule has 1 aromatic rings. The predicted octanol–water partition coefficient (Wildman–Crippen LogP) is 3.55. The fraction of sp³-hybridized carbons (Fsp3) is 0.684. The van der Waals surface area contributed by atoms with E-state index < -0.39 is 29.3 Å². The molecule has 7 heteroatoms. The minimum Gasteiger partial charge on any atom is -0.399 e. The lowest BCUT2D eigenvalue weighted by Gasteiger charge is -2.32. The van der Waals surface area contributed by atoms with E-state index in [1.807, 2.05) is 61.5 Å². The summed E-state index contributed by atoms with van der Waals surface area (Å²) in [5.41, 5.74) is 0.655. The minimum absolute atomic E-state index is 0.239. The lowest BCUT2D eigenvalue weighted by atomic mass is 9.77. The number of hydrogen-bond donors (Lipinski definition) is 1. The second-order valence-electron chi connectivity index (χ2n) is 8.99. The summed E-state index contributed by atoms with van der Waals surface area (Å²) in [4.78, 5) is 0. The van der Waals surface area contributed by atoms with Crippen LogP contribution >= 0.6 is 0 Å². The molecule has 1 aliphatic heterocycles. The maximum Gasteiger partial charge on any atom is 0.497 e. The van der Waals surface area contributed by atoms with Crippen LogP contribution in [0, 0.1) is 12.7 Å². The lowest BCUT2D eigenvalue weighted by molar-refractivity contribution is 0.00578. The van der Waals surface area contributed by atoms with Gasteiger partial charge in [0.2, 0.25) is 0 Å². The number of hydrogen-bond acceptors (Lipinski definition) is 3. The SMILES string of the molecule is Cc1c([C@@H](C)N[S@](=O)C(C)(C)C)ccc(B2OC(C)(C)C(C)(C)O2)c1F. The van der Waals surface area contributed by atoms with Crippen molar-refractivity contribution in [3.63, 3.8) is 0 Å². The van der Waals surface area contributed by atoms with E-state index in [2.05, 4.69) is 4.72 Å². The molecular weight excluding hydrogens is 352 g/mol. The monoisotopic (exact) mass is 383 g/mol. The summed E-state index contributed by atoms with van der Waals surface area (Å²) in [6.45, 7) is 17.1. The number of rotatable bonds is 4. The highest BCUT2D eigenvalue weighted by molar-refractivity contribution is 7.84. The van der Waals surface area contributed by atoms with Crippen LogP contribution in [0.4, 0.5) is 4.39 Å². The Morgan fingerprint density at radius 2 is 1.65 bits per heavy atom. The van der Waals surface area contributed by atoms with Crippen molar-refractivity contribution in [3.8, 4) is 0 Å². The highest BCUT2D eigenvalue weighted by atomic mass is 32.2. The lowest BCUT2D eigenvalue weighted by Crippen LogP contribution is -2.41. The first-order chi connectivity index (χ1) is 11.7. The quantitative estimate of drug-likeness (QED) is 0.809. The molecule has 0 saturated carbocycles. The Balaban J connectivity index is 2.28. The van der Waals surface area contributed by atoms with Gasteiger partial charge in [0.15, 0.2) is 0 Å². The molecule has 4 nitrogen and oxygen atoms in total. The van der Waals surface area contributed by atoms with Crippen molar-refractivity contribution in [1.82, 2.24) is 4.72 Å². The van der Waals surface area contributed by atoms with Gasteiger partial charge in [0.05, 0.1) is 26.9 Å². The molecule has 1 heterocycles. The standard InChI is InChI=1S/C19H31BFNO3S/c1-12-14(13(2)22-26(23)17(3,4)5)10-11-15(16(12)21)20-24-18(6,7)19(8,9)25-20/h10-11,13,22H,1-9H3/t13-,26-/m1/s1. The van der Waals surface area contributed by atoms with Crippen LogP contribution in [-0.2, 0) is 20.3 Å². The van der Waals surface area contributed by atoms with Crippen LogP contribution < -0.4 is 10.2 Å². The Labute approximate surface area is 160 Å². The van der Waals surface area contributed by atoms with Gasteiger partial charge in [-0.2, -0.15) is 0 Å². The van der Waals surface area contributed by atoms with E-state index in [9.17, 15) is 4.21 Å². The summed E-state index contributed by atoms with van der Waals surface area (Å²) >= 11 is 0. The van der Waals surface area contributed by atoms with Gasteiger partial charge in [0.1, 0.15) is 5.82 Å². The Hall–Kier alpha value is -0.755. The van der Waals surface area contributed by atoms with Crippen molar-refractivity contribution in [2.45, 2.75) is 84.3 Å². The van der Waals surface area contributed by atoms with Crippen LogP contribution in [-0.4, -0.2) is 27.3 Å². The van der Waals surface area contributed by atoms with E-state index in [0.29, 0.717) is 11.0 Å². The van der Waals surface area contributed by atoms with Gasteiger partial charge in [0, 0.05) is 11.5 Å². The van der Waals surface area contributed by atoms with Crippen molar-refractivity contribution in [3.05, 3.63) is 29.1 Å². The van der Waals surface area contributed by atoms with Gasteiger partial charge >= 0.3 is 7.12 Å². The second kappa shape index (κ2) is 7.00. The molecule has 0 amide bonds. The van der Waals surface area contributed by atoms with Crippen molar-refractivity contribution in [2.24, 2.45) is 0 Å². The molecular formula is C19H31BFNO3S. The first kappa shape index (κ1) is 21.5. The molecule has 2 atom stereocenters. The Bertz CT molecular complexity index is 699. The summed E-state index contributed by atoms with van der Waals surface area (Å²) in [5, 5.41) is 0. The van der Waals surface area contributed by atoms with E-state index in [1.54, 1.807) is 13.0 Å². The van der Waals surface area contributed by atoms with Gasteiger partial charge in [-0.15, -0.1) is 0 Å². The van der Waals surface area contributed by atoms with Crippen LogP contribution in [0.2, 0.25) is 0 Å². The summed E-state index contributed by atoms with van der Waals surface area (Å²) in [6.07, 6.45) is 0. The molecule has 0 radical (unpaired) electrons. The van der Waals surface area contributed by atoms with Gasteiger partial charge in [-0.25, -0.2) is 13.3 Å².